The summed E-state index contributed by atoms with van der Waals surface area (Å²) < 4.78 is 1.80. The van der Waals surface area contributed by atoms with Gasteiger partial charge in [-0.15, -0.1) is 11.3 Å². The highest BCUT2D eigenvalue weighted by Gasteiger charge is 2.20. The van der Waals surface area contributed by atoms with Crippen molar-refractivity contribution >= 4 is 34.0 Å². The van der Waals surface area contributed by atoms with E-state index < -0.39 is 0 Å². The molecule has 3 heterocycles. The highest BCUT2D eigenvalue weighted by molar-refractivity contribution is 7.14. The van der Waals surface area contributed by atoms with Crippen molar-refractivity contribution in [3.8, 4) is 11.4 Å². The third-order valence-electron chi connectivity index (χ3n) is 4.54. The van der Waals surface area contributed by atoms with Crippen molar-refractivity contribution < 1.29 is 4.79 Å². The minimum Gasteiger partial charge on any atom is -0.298 e. The van der Waals surface area contributed by atoms with Crippen LogP contribution in [0.3, 0.4) is 0 Å². The summed E-state index contributed by atoms with van der Waals surface area (Å²) >= 11 is 7.63. The van der Waals surface area contributed by atoms with Crippen molar-refractivity contribution in [3.05, 3.63) is 81.6 Å². The number of carbonyl (C=O) groups excluding carboxylic acids is 1. The SMILES string of the molecule is Cc1nn(Cc2ccccc2Cl)c(C)c1C(=O)Nc1nc(-c2ccccn2)cs1. The molecule has 8 heteroatoms. The van der Waals surface area contributed by atoms with Crippen molar-refractivity contribution in [2.45, 2.75) is 20.4 Å². The molecule has 146 valence electrons. The first-order chi connectivity index (χ1) is 14.0. The van der Waals surface area contributed by atoms with E-state index in [-0.39, 0.29) is 5.91 Å². The summed E-state index contributed by atoms with van der Waals surface area (Å²) in [5.74, 6) is -0.229. The van der Waals surface area contributed by atoms with Crippen molar-refractivity contribution in [2.24, 2.45) is 0 Å². The number of pyridine rings is 1. The van der Waals surface area contributed by atoms with E-state index in [1.807, 2.05) is 61.7 Å². The molecule has 0 fully saturated rings. The number of nitrogens with one attached hydrogen (secondary N) is 1. The Morgan fingerprint density at radius 3 is 2.69 bits per heavy atom. The molecule has 0 bridgehead atoms. The molecule has 29 heavy (non-hydrogen) atoms. The molecule has 1 aromatic carbocycles. The van der Waals surface area contributed by atoms with Crippen LogP contribution in [0.15, 0.2) is 54.0 Å². The van der Waals surface area contributed by atoms with E-state index >= 15 is 0 Å². The molecule has 6 nitrogen and oxygen atoms in total. The number of carbonyl (C=O) groups is 1. The molecular formula is C21H18ClN5OS. The summed E-state index contributed by atoms with van der Waals surface area (Å²) in [6, 6.07) is 13.3. The highest BCUT2D eigenvalue weighted by Crippen LogP contribution is 2.25. The molecule has 4 rings (SSSR count). The molecule has 0 unspecified atom stereocenters. The van der Waals surface area contributed by atoms with Crippen LogP contribution in [0.5, 0.6) is 0 Å². The van der Waals surface area contributed by atoms with E-state index in [0.29, 0.717) is 28.0 Å². The van der Waals surface area contributed by atoms with Crippen LogP contribution in [0.25, 0.3) is 11.4 Å². The van der Waals surface area contributed by atoms with Gasteiger partial charge in [-0.2, -0.15) is 5.10 Å². The molecular weight excluding hydrogens is 406 g/mol. The second-order valence-electron chi connectivity index (χ2n) is 6.50. The minimum absolute atomic E-state index is 0.229. The smallest absolute Gasteiger partial charge is 0.261 e. The molecule has 0 saturated heterocycles. The Balaban J connectivity index is 1.54. The van der Waals surface area contributed by atoms with Crippen LogP contribution in [-0.4, -0.2) is 25.7 Å². The van der Waals surface area contributed by atoms with Crippen molar-refractivity contribution in [1.29, 1.82) is 0 Å². The predicted octanol–water partition coefficient (Wildman–Crippen LogP) is 4.97. The number of anilines is 1. The maximum absolute atomic E-state index is 12.9. The van der Waals surface area contributed by atoms with Crippen LogP contribution in [-0.2, 0) is 6.54 Å². The van der Waals surface area contributed by atoms with Crippen LogP contribution in [0.2, 0.25) is 5.02 Å². The summed E-state index contributed by atoms with van der Waals surface area (Å²) in [5, 5.41) is 10.5. The van der Waals surface area contributed by atoms with Crippen molar-refractivity contribution in [1.82, 2.24) is 19.7 Å². The number of benzene rings is 1. The monoisotopic (exact) mass is 423 g/mol. The Bertz CT molecular complexity index is 1170. The van der Waals surface area contributed by atoms with Gasteiger partial charge in [0.15, 0.2) is 5.13 Å². The highest BCUT2D eigenvalue weighted by atomic mass is 35.5. The number of rotatable bonds is 5. The van der Waals surface area contributed by atoms with E-state index in [1.165, 1.54) is 11.3 Å². The summed E-state index contributed by atoms with van der Waals surface area (Å²) in [4.78, 5) is 21.7. The standard InChI is InChI=1S/C21H18ClN5OS/c1-13-19(14(2)27(26-13)11-15-7-3-4-8-16(15)22)20(28)25-21-24-18(12-29-21)17-9-5-6-10-23-17/h3-10,12H,11H2,1-2H3,(H,24,25,28). The fraction of sp³-hybridized carbons (Fsp3) is 0.143. The van der Waals surface area contributed by atoms with Gasteiger partial charge in [0.25, 0.3) is 5.91 Å². The molecule has 0 atom stereocenters. The Labute approximate surface area is 177 Å². The van der Waals surface area contributed by atoms with Gasteiger partial charge in [-0.05, 0) is 37.6 Å². The lowest BCUT2D eigenvalue weighted by molar-refractivity contribution is 0.102. The molecule has 0 radical (unpaired) electrons. The lowest BCUT2D eigenvalue weighted by Gasteiger charge is -2.07. The summed E-state index contributed by atoms with van der Waals surface area (Å²) in [6.07, 6.45) is 1.72. The van der Waals surface area contributed by atoms with Crippen molar-refractivity contribution in [2.75, 3.05) is 5.32 Å². The third-order valence-corrected chi connectivity index (χ3v) is 5.66. The molecule has 1 amide bonds. The molecule has 1 N–H and O–H groups in total. The van der Waals surface area contributed by atoms with Gasteiger partial charge in [-0.1, -0.05) is 35.9 Å². The van der Waals surface area contributed by atoms with Gasteiger partial charge in [0.05, 0.1) is 23.5 Å². The number of hydrogen-bond acceptors (Lipinski definition) is 5. The van der Waals surface area contributed by atoms with Crippen molar-refractivity contribution in [3.63, 3.8) is 0 Å². The fourth-order valence-corrected chi connectivity index (χ4v) is 3.99. The second-order valence-corrected chi connectivity index (χ2v) is 7.77. The molecule has 0 aliphatic carbocycles. The van der Waals surface area contributed by atoms with Crippen LogP contribution in [0.1, 0.15) is 27.3 Å². The Hall–Kier alpha value is -3.03. The van der Waals surface area contributed by atoms with Gasteiger partial charge >= 0.3 is 0 Å². The number of aryl methyl sites for hydroxylation is 1. The molecule has 0 saturated carbocycles. The normalized spacial score (nSPS) is 10.9. The van der Waals surface area contributed by atoms with Gasteiger partial charge in [0.1, 0.15) is 5.69 Å². The number of hydrogen-bond donors (Lipinski definition) is 1. The lowest BCUT2D eigenvalue weighted by atomic mass is 10.2. The lowest BCUT2D eigenvalue weighted by Crippen LogP contribution is -2.14. The largest absolute Gasteiger partial charge is 0.298 e. The van der Waals surface area contributed by atoms with E-state index in [2.05, 4.69) is 20.4 Å². The van der Waals surface area contributed by atoms with Crippen LogP contribution in [0, 0.1) is 13.8 Å². The quantitative estimate of drug-likeness (QED) is 0.491. The van der Waals surface area contributed by atoms with E-state index in [0.717, 1.165) is 22.6 Å². The number of aromatic nitrogens is 4. The second kappa shape index (κ2) is 8.14. The summed E-state index contributed by atoms with van der Waals surface area (Å²) in [5.41, 5.74) is 4.44. The minimum atomic E-state index is -0.229. The zero-order chi connectivity index (χ0) is 20.4. The van der Waals surface area contributed by atoms with Gasteiger partial charge in [0, 0.05) is 22.3 Å². The first-order valence-corrected chi connectivity index (χ1v) is 10.2. The van der Waals surface area contributed by atoms with Gasteiger partial charge in [0.2, 0.25) is 0 Å². The number of thiazole rings is 1. The summed E-state index contributed by atoms with van der Waals surface area (Å²) in [7, 11) is 0. The Morgan fingerprint density at radius 2 is 1.93 bits per heavy atom. The van der Waals surface area contributed by atoms with E-state index in [9.17, 15) is 4.79 Å². The topological polar surface area (TPSA) is 72.7 Å². The third kappa shape index (κ3) is 4.06. The first kappa shape index (κ1) is 19.3. The summed E-state index contributed by atoms with van der Waals surface area (Å²) in [6.45, 7) is 4.21. The predicted molar refractivity (Wildman–Crippen MR) is 116 cm³/mol. The fourth-order valence-electron chi connectivity index (χ4n) is 3.09. The number of nitrogens with zero attached hydrogens (tertiary/aromatic N) is 4. The average molecular weight is 424 g/mol. The molecule has 0 aliphatic heterocycles. The molecule has 0 spiro atoms. The van der Waals surface area contributed by atoms with Gasteiger partial charge < -0.3 is 0 Å². The van der Waals surface area contributed by atoms with Gasteiger partial charge in [-0.25, -0.2) is 4.98 Å². The zero-order valence-electron chi connectivity index (χ0n) is 15.9. The van der Waals surface area contributed by atoms with Crippen LogP contribution >= 0.6 is 22.9 Å². The maximum atomic E-state index is 12.9. The average Bonchev–Trinajstić information content (AvgIpc) is 3.28. The molecule has 4 aromatic rings. The van der Waals surface area contributed by atoms with E-state index in [4.69, 9.17) is 11.6 Å². The Morgan fingerprint density at radius 1 is 1.14 bits per heavy atom. The van der Waals surface area contributed by atoms with Gasteiger partial charge in [-0.3, -0.25) is 19.8 Å². The molecule has 0 aliphatic rings. The maximum Gasteiger partial charge on any atom is 0.261 e. The number of amides is 1. The van der Waals surface area contributed by atoms with Crippen LogP contribution < -0.4 is 5.32 Å². The molecule has 3 aromatic heterocycles. The van der Waals surface area contributed by atoms with Crippen LogP contribution in [0.4, 0.5) is 5.13 Å². The van der Waals surface area contributed by atoms with E-state index in [1.54, 1.807) is 10.9 Å². The Kier molecular flexibility index (Phi) is 5.42. The first-order valence-electron chi connectivity index (χ1n) is 8.98. The number of halogens is 1. The zero-order valence-corrected chi connectivity index (χ0v) is 17.5.